The number of ether oxygens (including phenoxy) is 1. The van der Waals surface area contributed by atoms with Crippen LogP contribution in [0, 0.1) is 13.8 Å². The Hall–Kier alpha value is -1.86. The number of nitrogens with zero attached hydrogens (tertiary/aromatic N) is 2. The molecule has 1 aromatic carbocycles. The summed E-state index contributed by atoms with van der Waals surface area (Å²) in [5.41, 5.74) is 3.19. The smallest absolute Gasteiger partial charge is 0.277 e. The van der Waals surface area contributed by atoms with Crippen molar-refractivity contribution in [1.29, 1.82) is 0 Å². The minimum Gasteiger partial charge on any atom is -0.411 e. The average Bonchev–Trinajstić information content (AvgIpc) is 3.21. The number of carbonyl (C=O) groups excluding carboxylic acids is 1. The van der Waals surface area contributed by atoms with Crippen LogP contribution in [0.4, 0.5) is 0 Å². The van der Waals surface area contributed by atoms with Crippen LogP contribution in [-0.2, 0) is 9.53 Å². The molecule has 1 saturated heterocycles. The third kappa shape index (κ3) is 4.58. The first kappa shape index (κ1) is 17.0. The Kier molecular flexibility index (Phi) is 5.52. The summed E-state index contributed by atoms with van der Waals surface area (Å²) in [6.07, 6.45) is 2.23. The lowest BCUT2D eigenvalue weighted by Crippen LogP contribution is -2.32. The maximum absolute atomic E-state index is 11.9. The second kappa shape index (κ2) is 7.81. The highest BCUT2D eigenvalue weighted by Gasteiger charge is 2.17. The minimum atomic E-state index is -0.0540. The van der Waals surface area contributed by atoms with Gasteiger partial charge in [-0.3, -0.25) is 4.79 Å². The van der Waals surface area contributed by atoms with Crippen LogP contribution in [0.2, 0.25) is 0 Å². The zero-order valence-corrected chi connectivity index (χ0v) is 14.7. The highest BCUT2D eigenvalue weighted by atomic mass is 32.2. The fourth-order valence-electron chi connectivity index (χ4n) is 2.69. The standard InChI is InChI=1S/C17H21N3O3S/c1-11-6-12(2)8-13(7-11)16-19-20-17(23-16)24-10-15(21)18-9-14-4-3-5-22-14/h6-8,14H,3-5,9-10H2,1-2H3,(H,18,21)/t14-/m0/s1. The van der Waals surface area contributed by atoms with Crippen molar-refractivity contribution in [3.63, 3.8) is 0 Å². The van der Waals surface area contributed by atoms with E-state index in [2.05, 4.69) is 21.6 Å². The first-order valence-corrected chi connectivity index (χ1v) is 9.02. The highest BCUT2D eigenvalue weighted by Crippen LogP contribution is 2.24. The van der Waals surface area contributed by atoms with Crippen molar-refractivity contribution in [3.05, 3.63) is 29.3 Å². The molecule has 0 spiro atoms. The summed E-state index contributed by atoms with van der Waals surface area (Å²) in [5, 5.41) is 11.3. The highest BCUT2D eigenvalue weighted by molar-refractivity contribution is 7.99. The number of rotatable bonds is 6. The van der Waals surface area contributed by atoms with E-state index in [1.807, 2.05) is 26.0 Å². The van der Waals surface area contributed by atoms with E-state index in [1.54, 1.807) is 0 Å². The maximum atomic E-state index is 11.9. The summed E-state index contributed by atoms with van der Waals surface area (Å²) in [4.78, 5) is 11.9. The molecule has 0 unspecified atom stereocenters. The third-order valence-corrected chi connectivity index (χ3v) is 4.57. The Morgan fingerprint density at radius 2 is 2.08 bits per heavy atom. The normalized spacial score (nSPS) is 17.2. The van der Waals surface area contributed by atoms with Gasteiger partial charge in [-0.2, -0.15) is 0 Å². The van der Waals surface area contributed by atoms with Gasteiger partial charge < -0.3 is 14.5 Å². The summed E-state index contributed by atoms with van der Waals surface area (Å²) in [6, 6.07) is 6.10. The van der Waals surface area contributed by atoms with Gasteiger partial charge in [-0.25, -0.2) is 0 Å². The molecular formula is C17H21N3O3S. The third-order valence-electron chi connectivity index (χ3n) is 3.75. The molecule has 1 fully saturated rings. The molecule has 24 heavy (non-hydrogen) atoms. The summed E-state index contributed by atoms with van der Waals surface area (Å²) < 4.78 is 11.1. The van der Waals surface area contributed by atoms with Crippen molar-refractivity contribution < 1.29 is 13.9 Å². The van der Waals surface area contributed by atoms with Crippen LogP contribution < -0.4 is 5.32 Å². The number of thioether (sulfide) groups is 1. The Bertz CT molecular complexity index is 691. The lowest BCUT2D eigenvalue weighted by Gasteiger charge is -2.09. The van der Waals surface area contributed by atoms with Crippen LogP contribution in [0.25, 0.3) is 11.5 Å². The van der Waals surface area contributed by atoms with Crippen LogP contribution in [0.5, 0.6) is 0 Å². The molecule has 1 aromatic heterocycles. The van der Waals surface area contributed by atoms with Gasteiger partial charge in [0.15, 0.2) is 0 Å². The van der Waals surface area contributed by atoms with Crippen molar-refractivity contribution in [2.75, 3.05) is 18.9 Å². The fourth-order valence-corrected chi connectivity index (χ4v) is 3.29. The molecule has 1 N–H and O–H groups in total. The van der Waals surface area contributed by atoms with E-state index in [1.165, 1.54) is 11.8 Å². The topological polar surface area (TPSA) is 77.2 Å². The first-order chi connectivity index (χ1) is 11.6. The van der Waals surface area contributed by atoms with E-state index in [-0.39, 0.29) is 17.8 Å². The van der Waals surface area contributed by atoms with Gasteiger partial charge in [-0.1, -0.05) is 29.0 Å². The molecule has 0 radical (unpaired) electrons. The van der Waals surface area contributed by atoms with Crippen molar-refractivity contribution in [2.45, 2.75) is 38.0 Å². The molecule has 7 heteroatoms. The lowest BCUT2D eigenvalue weighted by molar-refractivity contribution is -0.119. The van der Waals surface area contributed by atoms with Crippen molar-refractivity contribution in [3.8, 4) is 11.5 Å². The first-order valence-electron chi connectivity index (χ1n) is 8.03. The van der Waals surface area contributed by atoms with Crippen LogP contribution in [0.3, 0.4) is 0 Å². The molecule has 1 aliphatic rings. The van der Waals surface area contributed by atoms with E-state index in [4.69, 9.17) is 9.15 Å². The second-order valence-electron chi connectivity index (χ2n) is 5.98. The predicted octanol–water partition coefficient (Wildman–Crippen LogP) is 2.74. The number of hydrogen-bond acceptors (Lipinski definition) is 6. The zero-order chi connectivity index (χ0) is 16.9. The number of aromatic nitrogens is 2. The molecule has 128 valence electrons. The van der Waals surface area contributed by atoms with E-state index in [0.717, 1.165) is 36.1 Å². The number of nitrogens with one attached hydrogen (secondary N) is 1. The van der Waals surface area contributed by atoms with Gasteiger partial charge in [0.25, 0.3) is 5.22 Å². The van der Waals surface area contributed by atoms with E-state index in [9.17, 15) is 4.79 Å². The Morgan fingerprint density at radius 3 is 2.79 bits per heavy atom. The molecule has 1 amide bonds. The summed E-state index contributed by atoms with van der Waals surface area (Å²) in [7, 11) is 0. The van der Waals surface area contributed by atoms with Gasteiger partial charge in [0, 0.05) is 18.7 Å². The molecule has 0 aliphatic carbocycles. The molecule has 0 bridgehead atoms. The number of aryl methyl sites for hydroxylation is 2. The fraction of sp³-hybridized carbons (Fsp3) is 0.471. The molecule has 6 nitrogen and oxygen atoms in total. The number of amides is 1. The molecule has 3 rings (SSSR count). The van der Waals surface area contributed by atoms with Gasteiger partial charge >= 0.3 is 0 Å². The predicted molar refractivity (Wildman–Crippen MR) is 91.9 cm³/mol. The Morgan fingerprint density at radius 1 is 1.29 bits per heavy atom. The number of carbonyl (C=O) groups is 1. The van der Waals surface area contributed by atoms with Crippen molar-refractivity contribution in [1.82, 2.24) is 15.5 Å². The van der Waals surface area contributed by atoms with E-state index < -0.39 is 0 Å². The maximum Gasteiger partial charge on any atom is 0.277 e. The molecule has 2 heterocycles. The van der Waals surface area contributed by atoms with E-state index >= 15 is 0 Å². The van der Waals surface area contributed by atoms with Crippen molar-refractivity contribution in [2.24, 2.45) is 0 Å². The van der Waals surface area contributed by atoms with Gasteiger partial charge in [0.2, 0.25) is 11.8 Å². The Labute approximate surface area is 145 Å². The number of benzene rings is 1. The monoisotopic (exact) mass is 347 g/mol. The van der Waals surface area contributed by atoms with Gasteiger partial charge in [-0.05, 0) is 38.8 Å². The van der Waals surface area contributed by atoms with Crippen LogP contribution in [0.15, 0.2) is 27.8 Å². The largest absolute Gasteiger partial charge is 0.411 e. The van der Waals surface area contributed by atoms with Crippen molar-refractivity contribution >= 4 is 17.7 Å². The van der Waals surface area contributed by atoms with Gasteiger partial charge in [-0.15, -0.1) is 10.2 Å². The molecule has 1 atom stereocenters. The zero-order valence-electron chi connectivity index (χ0n) is 13.9. The SMILES string of the molecule is Cc1cc(C)cc(-c2nnc(SCC(=O)NC[C@@H]3CCCO3)o2)c1. The molecule has 1 aliphatic heterocycles. The lowest BCUT2D eigenvalue weighted by atomic mass is 10.1. The van der Waals surface area contributed by atoms with E-state index in [0.29, 0.717) is 17.7 Å². The summed E-state index contributed by atoms with van der Waals surface area (Å²) in [6.45, 7) is 5.41. The average molecular weight is 347 g/mol. The summed E-state index contributed by atoms with van der Waals surface area (Å²) >= 11 is 1.24. The Balaban J connectivity index is 1.51. The minimum absolute atomic E-state index is 0.0540. The molecule has 0 saturated carbocycles. The van der Waals surface area contributed by atoms with Crippen LogP contribution in [-0.4, -0.2) is 41.1 Å². The number of hydrogen-bond donors (Lipinski definition) is 1. The molecule has 2 aromatic rings. The molecular weight excluding hydrogens is 326 g/mol. The van der Waals surface area contributed by atoms with Gasteiger partial charge in [0.05, 0.1) is 11.9 Å². The van der Waals surface area contributed by atoms with Crippen LogP contribution in [0.1, 0.15) is 24.0 Å². The quantitative estimate of drug-likeness (QED) is 0.810. The van der Waals surface area contributed by atoms with Crippen LogP contribution >= 0.6 is 11.8 Å². The van der Waals surface area contributed by atoms with Gasteiger partial charge in [0.1, 0.15) is 0 Å². The second-order valence-corrected chi connectivity index (χ2v) is 6.90. The summed E-state index contributed by atoms with van der Waals surface area (Å²) in [5.74, 6) is 0.673.